The van der Waals surface area contributed by atoms with Crippen LogP contribution in [0, 0.1) is 17.6 Å². The van der Waals surface area contributed by atoms with Gasteiger partial charge in [0.2, 0.25) is 0 Å². The molecule has 0 radical (unpaired) electrons. The fourth-order valence-electron chi connectivity index (χ4n) is 4.65. The number of fused-ring (bicyclic) bond motifs is 3. The van der Waals surface area contributed by atoms with E-state index < -0.39 is 0 Å². The third kappa shape index (κ3) is 4.09. The smallest absolute Gasteiger partial charge is 0.123 e. The summed E-state index contributed by atoms with van der Waals surface area (Å²) in [5.41, 5.74) is 5.50. The number of likely N-dealkylation sites (tertiary alicyclic amines) is 1. The minimum Gasteiger partial charge on any atom is -0.400 e. The summed E-state index contributed by atoms with van der Waals surface area (Å²) >= 11 is 0. The second kappa shape index (κ2) is 8.94. The summed E-state index contributed by atoms with van der Waals surface area (Å²) in [6.07, 6.45) is 1.14. The van der Waals surface area contributed by atoms with Crippen molar-refractivity contribution in [3.05, 3.63) is 89.5 Å². The van der Waals surface area contributed by atoms with Gasteiger partial charge in [-0.25, -0.2) is 8.78 Å². The van der Waals surface area contributed by atoms with Crippen LogP contribution in [0.4, 0.5) is 14.5 Å². The molecule has 2 aliphatic heterocycles. The van der Waals surface area contributed by atoms with Gasteiger partial charge in [0, 0.05) is 31.9 Å². The number of anilines is 1. The van der Waals surface area contributed by atoms with Crippen molar-refractivity contribution in [2.45, 2.75) is 19.0 Å². The van der Waals surface area contributed by atoms with Crippen LogP contribution in [0.2, 0.25) is 0 Å². The quantitative estimate of drug-likeness (QED) is 0.623. The van der Waals surface area contributed by atoms with Crippen molar-refractivity contribution in [2.24, 2.45) is 5.92 Å². The molecule has 3 nitrogen and oxygen atoms in total. The number of benzene rings is 3. The molecule has 0 aromatic heterocycles. The van der Waals surface area contributed by atoms with Gasteiger partial charge in [-0.2, -0.15) is 0 Å². The van der Waals surface area contributed by atoms with Gasteiger partial charge in [-0.05, 0) is 77.5 Å². The first kappa shape index (κ1) is 20.5. The molecule has 3 aromatic carbocycles. The lowest BCUT2D eigenvalue weighted by Crippen LogP contribution is -2.32. The number of aliphatic hydroxyl groups is 1. The number of halogens is 2. The van der Waals surface area contributed by atoms with E-state index in [4.69, 9.17) is 5.11 Å². The van der Waals surface area contributed by atoms with Crippen LogP contribution in [0.1, 0.15) is 23.6 Å². The van der Waals surface area contributed by atoms with E-state index in [1.54, 1.807) is 12.1 Å². The standard InChI is InChI=1S/C24H22F2N2.CH4O/c25-20-7-4-16(5-8-20)15-28-11-10-19-14-27-23-9-6-18(13-22(23)24(19)28)17-2-1-3-21(26)12-17;1-2/h1-9,12-13,19,24,27H,10-11,14-15H2;2H,1H3. The molecule has 2 N–H and O–H groups in total. The molecule has 0 amide bonds. The molecule has 0 saturated carbocycles. The van der Waals surface area contributed by atoms with Crippen LogP contribution in [0.15, 0.2) is 66.7 Å². The molecular formula is C25H26F2N2O. The van der Waals surface area contributed by atoms with E-state index in [9.17, 15) is 8.78 Å². The molecule has 2 aliphatic rings. The van der Waals surface area contributed by atoms with Crippen LogP contribution < -0.4 is 5.32 Å². The number of nitrogens with one attached hydrogen (secondary N) is 1. The Morgan fingerprint density at radius 3 is 2.47 bits per heavy atom. The fraction of sp³-hybridized carbons (Fsp3) is 0.280. The van der Waals surface area contributed by atoms with E-state index >= 15 is 0 Å². The van der Waals surface area contributed by atoms with E-state index in [0.29, 0.717) is 12.0 Å². The van der Waals surface area contributed by atoms with Crippen LogP contribution in [-0.4, -0.2) is 30.2 Å². The zero-order valence-electron chi connectivity index (χ0n) is 17.0. The Balaban J connectivity index is 0.00000106. The summed E-state index contributed by atoms with van der Waals surface area (Å²) in [4.78, 5) is 2.49. The molecule has 1 fully saturated rings. The van der Waals surface area contributed by atoms with Gasteiger partial charge in [-0.1, -0.05) is 30.3 Å². The van der Waals surface area contributed by atoms with Gasteiger partial charge in [-0.15, -0.1) is 0 Å². The number of aliphatic hydroxyl groups excluding tert-OH is 1. The second-order valence-corrected chi connectivity index (χ2v) is 7.78. The Morgan fingerprint density at radius 1 is 0.933 bits per heavy atom. The Kier molecular flexibility index (Phi) is 6.11. The highest BCUT2D eigenvalue weighted by atomic mass is 19.1. The Morgan fingerprint density at radius 2 is 1.70 bits per heavy atom. The summed E-state index contributed by atoms with van der Waals surface area (Å²) < 4.78 is 26.9. The highest BCUT2D eigenvalue weighted by Crippen LogP contribution is 2.45. The van der Waals surface area contributed by atoms with Crippen molar-refractivity contribution < 1.29 is 13.9 Å². The number of nitrogens with zero attached hydrogens (tertiary/aromatic N) is 1. The molecule has 3 aromatic rings. The first-order valence-corrected chi connectivity index (χ1v) is 10.2. The van der Waals surface area contributed by atoms with Crippen LogP contribution in [-0.2, 0) is 6.54 Å². The maximum atomic E-state index is 13.7. The Bertz CT molecular complexity index is 1010. The van der Waals surface area contributed by atoms with E-state index in [2.05, 4.69) is 28.4 Å². The van der Waals surface area contributed by atoms with Crippen LogP contribution in [0.5, 0.6) is 0 Å². The third-order valence-electron chi connectivity index (χ3n) is 6.01. The predicted octanol–water partition coefficient (Wildman–Crippen LogP) is 5.23. The second-order valence-electron chi connectivity index (χ2n) is 7.78. The Labute approximate surface area is 176 Å². The zero-order chi connectivity index (χ0) is 21.1. The number of rotatable bonds is 3. The number of hydrogen-bond acceptors (Lipinski definition) is 3. The van der Waals surface area contributed by atoms with Crippen molar-refractivity contribution in [2.75, 3.05) is 25.5 Å². The maximum Gasteiger partial charge on any atom is 0.123 e. The van der Waals surface area contributed by atoms with E-state index in [0.717, 1.165) is 55.5 Å². The summed E-state index contributed by atoms with van der Waals surface area (Å²) in [5.74, 6) is 0.135. The minimum atomic E-state index is -0.218. The van der Waals surface area contributed by atoms with Crippen molar-refractivity contribution in [1.82, 2.24) is 4.90 Å². The van der Waals surface area contributed by atoms with E-state index in [1.165, 1.54) is 23.8 Å². The van der Waals surface area contributed by atoms with E-state index in [1.807, 2.05) is 18.2 Å². The molecule has 2 unspecified atom stereocenters. The first-order chi connectivity index (χ1) is 14.7. The largest absolute Gasteiger partial charge is 0.400 e. The maximum absolute atomic E-state index is 13.7. The van der Waals surface area contributed by atoms with Crippen molar-refractivity contribution >= 4 is 5.69 Å². The average Bonchev–Trinajstić information content (AvgIpc) is 3.19. The van der Waals surface area contributed by atoms with Gasteiger partial charge in [0.1, 0.15) is 11.6 Å². The van der Waals surface area contributed by atoms with Gasteiger partial charge < -0.3 is 10.4 Å². The lowest BCUT2D eigenvalue weighted by Gasteiger charge is -2.35. The lowest BCUT2D eigenvalue weighted by molar-refractivity contribution is 0.220. The Hall–Kier alpha value is -2.76. The minimum absolute atomic E-state index is 0.199. The molecule has 5 heteroatoms. The summed E-state index contributed by atoms with van der Waals surface area (Å²) in [6.45, 7) is 2.81. The first-order valence-electron chi connectivity index (χ1n) is 10.2. The van der Waals surface area contributed by atoms with Gasteiger partial charge in [0.25, 0.3) is 0 Å². The monoisotopic (exact) mass is 408 g/mol. The van der Waals surface area contributed by atoms with Crippen molar-refractivity contribution in [3.8, 4) is 11.1 Å². The van der Waals surface area contributed by atoms with Gasteiger partial charge in [0.15, 0.2) is 0 Å². The highest BCUT2D eigenvalue weighted by molar-refractivity contribution is 5.70. The van der Waals surface area contributed by atoms with Gasteiger partial charge >= 0.3 is 0 Å². The fourth-order valence-corrected chi connectivity index (χ4v) is 4.65. The average molecular weight is 408 g/mol. The van der Waals surface area contributed by atoms with Crippen LogP contribution >= 0.6 is 0 Å². The predicted molar refractivity (Wildman–Crippen MR) is 116 cm³/mol. The molecule has 0 aliphatic carbocycles. The SMILES string of the molecule is CO.Fc1ccc(CN2CCC3CNc4ccc(-c5cccc(F)c5)cc4C32)cc1. The summed E-state index contributed by atoms with van der Waals surface area (Å²) in [5, 5.41) is 10.6. The highest BCUT2D eigenvalue weighted by Gasteiger charge is 2.39. The molecule has 1 saturated heterocycles. The van der Waals surface area contributed by atoms with Crippen molar-refractivity contribution in [3.63, 3.8) is 0 Å². The molecule has 5 rings (SSSR count). The molecule has 2 heterocycles. The van der Waals surface area contributed by atoms with Crippen molar-refractivity contribution in [1.29, 1.82) is 0 Å². The van der Waals surface area contributed by atoms with Crippen LogP contribution in [0.25, 0.3) is 11.1 Å². The topological polar surface area (TPSA) is 35.5 Å². The van der Waals surface area contributed by atoms with Gasteiger partial charge in [0.05, 0.1) is 0 Å². The normalized spacial score (nSPS) is 19.9. The molecule has 156 valence electrons. The zero-order valence-corrected chi connectivity index (χ0v) is 17.0. The summed E-state index contributed by atoms with van der Waals surface area (Å²) in [7, 11) is 1.00. The third-order valence-corrected chi connectivity index (χ3v) is 6.01. The molecule has 0 bridgehead atoms. The van der Waals surface area contributed by atoms with Crippen LogP contribution in [0.3, 0.4) is 0 Å². The molecule has 2 atom stereocenters. The number of hydrogen-bond donors (Lipinski definition) is 2. The molecular weight excluding hydrogens is 382 g/mol. The summed E-state index contributed by atoms with van der Waals surface area (Å²) in [6, 6.07) is 20.3. The van der Waals surface area contributed by atoms with Gasteiger partial charge in [-0.3, -0.25) is 4.90 Å². The lowest BCUT2D eigenvalue weighted by atomic mass is 9.87. The molecule has 0 spiro atoms. The van der Waals surface area contributed by atoms with E-state index in [-0.39, 0.29) is 11.6 Å². The molecule has 30 heavy (non-hydrogen) atoms.